The summed E-state index contributed by atoms with van der Waals surface area (Å²) in [6, 6.07) is 8.87. The summed E-state index contributed by atoms with van der Waals surface area (Å²) in [5, 5.41) is 43.2. The number of rotatable bonds is 7. The third-order valence-electron chi connectivity index (χ3n) is 6.85. The number of nitrogens with one attached hydrogen (secondary N) is 1. The van der Waals surface area contributed by atoms with Crippen LogP contribution in [-0.2, 0) is 17.9 Å². The van der Waals surface area contributed by atoms with Crippen molar-refractivity contribution in [3.05, 3.63) is 114 Å². The second-order valence-corrected chi connectivity index (χ2v) is 11.0. The monoisotopic (exact) mass is 689 g/mol. The van der Waals surface area contributed by atoms with Crippen molar-refractivity contribution < 1.29 is 19.7 Å². The van der Waals surface area contributed by atoms with Crippen molar-refractivity contribution in [3.8, 4) is 6.07 Å². The molecule has 2 aromatic heterocycles. The van der Waals surface area contributed by atoms with Crippen LogP contribution in [0.5, 0.6) is 0 Å². The number of fused-ring (bicyclic) bond motifs is 1. The normalized spacial score (nSPS) is 18.9. The van der Waals surface area contributed by atoms with Gasteiger partial charge in [0, 0.05) is 65.0 Å². The first kappa shape index (κ1) is 38.4. The zero-order chi connectivity index (χ0) is 34.9. The first-order valence-electron chi connectivity index (χ1n) is 14.5. The summed E-state index contributed by atoms with van der Waals surface area (Å²) >= 11 is 11.5. The number of nitriles is 1. The molecule has 252 valence electrons. The summed E-state index contributed by atoms with van der Waals surface area (Å²) in [5.74, 6) is 0.788. The largest absolute Gasteiger partial charge is 0.374 e. The standard InChI is InChI=1S/C14H17ClN4O3.C10H11ClN4O2.C4H6O.C2H3N/c1-9-6-12(20)18-5-4-17(14(18)13(9)19(21)22)8-10-2-3-11(15)16-7-10;11-9-2-1-8(5-13-9)6-14-4-3-12-10(14)7-15(16)17;1-2-3-4-5;1-2-3/h2-3,7,9,12,20H,4-6,8H2,1H3;1-2,5,7,12H,3-4,6H2;2-4H,1H3;1H3/b;10-7-;3-2-;. The van der Waals surface area contributed by atoms with E-state index in [4.69, 9.17) is 28.5 Å². The van der Waals surface area contributed by atoms with Gasteiger partial charge in [0.25, 0.3) is 11.9 Å². The SMILES string of the molecule is C/C=C\C=O.CC#N.CC1CC(O)N2CCN(Cc3ccc(Cl)nc3)C2=C1[N+](=O)[O-].O=[N+]([O-])/C=C1/NCCN1Cc1ccc(Cl)nc1. The maximum atomic E-state index is 11.4. The Morgan fingerprint density at radius 1 is 1.06 bits per heavy atom. The number of aliphatic hydroxyl groups excluding tert-OH is 1. The minimum absolute atomic E-state index is 0.185. The third kappa shape index (κ3) is 12.2. The fourth-order valence-electron chi connectivity index (χ4n) is 4.87. The van der Waals surface area contributed by atoms with Gasteiger partial charge in [0.1, 0.15) is 22.8 Å². The topological polar surface area (TPSA) is 195 Å². The zero-order valence-corrected chi connectivity index (χ0v) is 27.7. The van der Waals surface area contributed by atoms with E-state index in [2.05, 4.69) is 15.3 Å². The molecule has 47 heavy (non-hydrogen) atoms. The minimum atomic E-state index is -0.665. The van der Waals surface area contributed by atoms with E-state index in [0.717, 1.165) is 30.2 Å². The Kier molecular flexibility index (Phi) is 16.1. The van der Waals surface area contributed by atoms with Crippen LogP contribution < -0.4 is 5.32 Å². The smallest absolute Gasteiger partial charge is 0.289 e. The van der Waals surface area contributed by atoms with Crippen LogP contribution in [0, 0.1) is 37.5 Å². The van der Waals surface area contributed by atoms with Crippen molar-refractivity contribution in [3.63, 3.8) is 0 Å². The molecule has 2 fully saturated rings. The summed E-state index contributed by atoms with van der Waals surface area (Å²) in [5.41, 5.74) is 2.08. The van der Waals surface area contributed by atoms with Crippen molar-refractivity contribution >= 4 is 29.5 Å². The van der Waals surface area contributed by atoms with Gasteiger partial charge >= 0.3 is 0 Å². The lowest BCUT2D eigenvalue weighted by molar-refractivity contribution is -0.439. The van der Waals surface area contributed by atoms with E-state index in [-0.39, 0.29) is 16.5 Å². The van der Waals surface area contributed by atoms with E-state index in [0.29, 0.717) is 61.1 Å². The van der Waals surface area contributed by atoms with Gasteiger partial charge in [-0.1, -0.05) is 48.3 Å². The predicted molar refractivity (Wildman–Crippen MR) is 175 cm³/mol. The molecule has 3 aliphatic rings. The average Bonchev–Trinajstić information content (AvgIpc) is 3.63. The number of carbonyl (C=O) groups is 1. The van der Waals surface area contributed by atoms with Crippen LogP contribution in [0.4, 0.5) is 0 Å². The van der Waals surface area contributed by atoms with Crippen molar-refractivity contribution in [2.45, 2.75) is 46.5 Å². The summed E-state index contributed by atoms with van der Waals surface area (Å²) in [6.07, 6.45) is 7.92. The van der Waals surface area contributed by atoms with Crippen molar-refractivity contribution in [2.75, 3.05) is 26.2 Å². The van der Waals surface area contributed by atoms with Gasteiger partial charge in [0.2, 0.25) is 0 Å². The summed E-state index contributed by atoms with van der Waals surface area (Å²) in [4.78, 5) is 44.0. The highest BCUT2D eigenvalue weighted by Gasteiger charge is 2.44. The fraction of sp³-hybridized carbons (Fsp3) is 0.400. The lowest BCUT2D eigenvalue weighted by Crippen LogP contribution is -2.41. The zero-order valence-electron chi connectivity index (χ0n) is 26.2. The van der Waals surface area contributed by atoms with Crippen LogP contribution in [0.3, 0.4) is 0 Å². The van der Waals surface area contributed by atoms with Gasteiger partial charge in [0.05, 0.1) is 21.8 Å². The molecule has 2 N–H and O–H groups in total. The molecule has 0 radical (unpaired) electrons. The number of halogens is 2. The van der Waals surface area contributed by atoms with Gasteiger partial charge in [-0.25, -0.2) is 9.97 Å². The Bertz CT molecular complexity index is 1480. The Balaban J connectivity index is 0.000000272. The van der Waals surface area contributed by atoms with Gasteiger partial charge in [-0.15, -0.1) is 0 Å². The van der Waals surface area contributed by atoms with E-state index in [1.54, 1.807) is 55.4 Å². The molecule has 0 saturated carbocycles. The third-order valence-corrected chi connectivity index (χ3v) is 7.30. The number of pyridine rings is 2. The molecule has 5 heterocycles. The predicted octanol–water partition coefficient (Wildman–Crippen LogP) is 4.16. The highest BCUT2D eigenvalue weighted by molar-refractivity contribution is 6.29. The number of carbonyl (C=O) groups excluding carboxylic acids is 1. The molecule has 17 heteroatoms. The van der Waals surface area contributed by atoms with E-state index in [1.807, 2.05) is 21.9 Å². The molecular weight excluding hydrogens is 653 g/mol. The Hall–Kier alpha value is -4.78. The van der Waals surface area contributed by atoms with Crippen LogP contribution in [0.2, 0.25) is 10.3 Å². The lowest BCUT2D eigenvalue weighted by atomic mass is 9.98. The van der Waals surface area contributed by atoms with Crippen LogP contribution in [0.15, 0.2) is 72.4 Å². The average molecular weight is 691 g/mol. The lowest BCUT2D eigenvalue weighted by Gasteiger charge is -2.34. The van der Waals surface area contributed by atoms with E-state index in [9.17, 15) is 30.1 Å². The van der Waals surface area contributed by atoms with Crippen LogP contribution in [0.1, 0.15) is 38.3 Å². The summed E-state index contributed by atoms with van der Waals surface area (Å²) < 4.78 is 0. The number of hydrogen-bond donors (Lipinski definition) is 2. The molecule has 5 rings (SSSR count). The van der Waals surface area contributed by atoms with Crippen LogP contribution in [0.25, 0.3) is 0 Å². The van der Waals surface area contributed by atoms with Gasteiger partial charge in [-0.2, -0.15) is 5.26 Å². The molecule has 2 saturated heterocycles. The highest BCUT2D eigenvalue weighted by atomic mass is 35.5. The van der Waals surface area contributed by atoms with Gasteiger partial charge in [-0.3, -0.25) is 25.0 Å². The molecule has 2 aromatic rings. The maximum Gasteiger partial charge on any atom is 0.289 e. The first-order chi connectivity index (χ1) is 22.4. The number of aldehydes is 1. The number of allylic oxidation sites excluding steroid dienone is 3. The Labute approximate surface area is 282 Å². The molecule has 3 aliphatic heterocycles. The van der Waals surface area contributed by atoms with Crippen molar-refractivity contribution in [1.29, 1.82) is 5.26 Å². The molecule has 2 atom stereocenters. The van der Waals surface area contributed by atoms with Gasteiger partial charge in [-0.05, 0) is 36.3 Å². The molecule has 0 amide bonds. The molecule has 0 aliphatic carbocycles. The number of nitrogens with zero attached hydrogens (tertiary/aromatic N) is 8. The molecule has 0 aromatic carbocycles. The summed E-state index contributed by atoms with van der Waals surface area (Å²) in [6.45, 7) is 8.77. The van der Waals surface area contributed by atoms with Gasteiger partial charge in [0.15, 0.2) is 11.6 Å². The Morgan fingerprint density at radius 2 is 1.64 bits per heavy atom. The number of nitro groups is 2. The van der Waals surface area contributed by atoms with E-state index < -0.39 is 11.2 Å². The number of hydrogen-bond acceptors (Lipinski definition) is 13. The number of aliphatic hydroxyl groups is 1. The molecule has 2 unspecified atom stereocenters. The maximum absolute atomic E-state index is 11.4. The first-order valence-corrected chi connectivity index (χ1v) is 15.2. The van der Waals surface area contributed by atoms with Crippen LogP contribution in [-0.4, -0.2) is 78.3 Å². The molecular formula is C30H37Cl2N9O6. The fourth-order valence-corrected chi connectivity index (χ4v) is 5.10. The molecule has 0 spiro atoms. The quantitative estimate of drug-likeness (QED) is 0.138. The minimum Gasteiger partial charge on any atom is -0.374 e. The van der Waals surface area contributed by atoms with Crippen molar-refractivity contribution in [1.82, 2.24) is 30.0 Å². The van der Waals surface area contributed by atoms with Gasteiger partial charge < -0.3 is 25.1 Å². The second-order valence-electron chi connectivity index (χ2n) is 10.2. The summed E-state index contributed by atoms with van der Waals surface area (Å²) in [7, 11) is 0. The molecule has 15 nitrogen and oxygen atoms in total. The van der Waals surface area contributed by atoms with Crippen molar-refractivity contribution in [2.24, 2.45) is 5.92 Å². The second kappa shape index (κ2) is 19.7. The molecule has 0 bridgehead atoms. The van der Waals surface area contributed by atoms with Crippen LogP contribution >= 0.6 is 23.2 Å². The highest BCUT2D eigenvalue weighted by Crippen LogP contribution is 2.36. The van der Waals surface area contributed by atoms with E-state index in [1.165, 1.54) is 13.0 Å². The number of aromatic nitrogens is 2. The van der Waals surface area contributed by atoms with E-state index >= 15 is 0 Å². The Morgan fingerprint density at radius 3 is 2.09 bits per heavy atom.